The quantitative estimate of drug-likeness (QED) is 0.734. The summed E-state index contributed by atoms with van der Waals surface area (Å²) in [4.78, 5) is 29.8. The molecule has 0 radical (unpaired) electrons. The van der Waals surface area contributed by atoms with Crippen molar-refractivity contribution >= 4 is 11.8 Å². The lowest BCUT2D eigenvalue weighted by Gasteiger charge is -2.31. The van der Waals surface area contributed by atoms with Gasteiger partial charge in [-0.2, -0.15) is 0 Å². The molecule has 2 aromatic rings. The topological polar surface area (TPSA) is 59.1 Å². The summed E-state index contributed by atoms with van der Waals surface area (Å²) in [5.41, 5.74) is 3.00. The van der Waals surface area contributed by atoms with E-state index in [2.05, 4.69) is 26.0 Å². The molecule has 0 aliphatic carbocycles. The van der Waals surface area contributed by atoms with Gasteiger partial charge < -0.3 is 19.3 Å². The molecule has 0 fully saturated rings. The second kappa shape index (κ2) is 8.78. The second-order valence-electron chi connectivity index (χ2n) is 8.31. The van der Waals surface area contributed by atoms with Gasteiger partial charge in [0, 0.05) is 25.2 Å². The predicted octanol–water partition coefficient (Wildman–Crippen LogP) is 3.49. The predicted molar refractivity (Wildman–Crippen MR) is 113 cm³/mol. The molecule has 30 heavy (non-hydrogen) atoms. The molecule has 0 unspecified atom stereocenters. The molecule has 0 N–H and O–H groups in total. The number of carbonyl (C=O) groups is 2. The van der Waals surface area contributed by atoms with Crippen molar-refractivity contribution in [3.8, 4) is 11.5 Å². The first-order chi connectivity index (χ1) is 14.5. The minimum Gasteiger partial charge on any atom is -0.454 e. The third-order valence-electron chi connectivity index (χ3n) is 5.69. The molecular formula is C24H28N2O4. The van der Waals surface area contributed by atoms with Gasteiger partial charge in [-0.05, 0) is 48.1 Å². The van der Waals surface area contributed by atoms with Crippen molar-refractivity contribution in [3.05, 3.63) is 59.2 Å². The largest absolute Gasteiger partial charge is 0.454 e. The zero-order chi connectivity index (χ0) is 21.1. The number of hydrogen-bond acceptors (Lipinski definition) is 4. The van der Waals surface area contributed by atoms with E-state index in [4.69, 9.17) is 9.47 Å². The van der Waals surface area contributed by atoms with Crippen LogP contribution in [-0.4, -0.2) is 48.0 Å². The molecule has 0 atom stereocenters. The Balaban J connectivity index is 1.48. The summed E-state index contributed by atoms with van der Waals surface area (Å²) in [6, 6.07) is 13.4. The summed E-state index contributed by atoms with van der Waals surface area (Å²) in [5.74, 6) is 1.49. The lowest BCUT2D eigenvalue weighted by molar-refractivity contribution is -0.132. The molecule has 2 aliphatic heterocycles. The maximum atomic E-state index is 13.2. The average molecular weight is 408 g/mol. The molecular weight excluding hydrogens is 380 g/mol. The van der Waals surface area contributed by atoms with E-state index in [0.717, 1.165) is 12.8 Å². The van der Waals surface area contributed by atoms with Crippen molar-refractivity contribution in [1.82, 2.24) is 9.80 Å². The van der Waals surface area contributed by atoms with Crippen molar-refractivity contribution < 1.29 is 19.1 Å². The van der Waals surface area contributed by atoms with Gasteiger partial charge in [-0.1, -0.05) is 38.1 Å². The fourth-order valence-electron chi connectivity index (χ4n) is 3.85. The molecule has 6 heteroatoms. The number of rotatable bonds is 6. The molecule has 2 heterocycles. The zero-order valence-corrected chi connectivity index (χ0v) is 17.6. The number of hydrogen-bond donors (Lipinski definition) is 0. The molecule has 2 aliphatic rings. The molecule has 6 nitrogen and oxygen atoms in total. The lowest BCUT2D eigenvalue weighted by Crippen LogP contribution is -2.45. The highest BCUT2D eigenvalue weighted by Gasteiger charge is 2.26. The van der Waals surface area contributed by atoms with Crippen LogP contribution in [-0.2, 0) is 17.8 Å². The Kier molecular flexibility index (Phi) is 5.93. The van der Waals surface area contributed by atoms with E-state index in [1.807, 2.05) is 17.0 Å². The highest BCUT2D eigenvalue weighted by atomic mass is 16.7. The molecule has 0 aromatic heterocycles. The van der Waals surface area contributed by atoms with E-state index >= 15 is 0 Å². The van der Waals surface area contributed by atoms with E-state index in [1.165, 1.54) is 11.1 Å². The first-order valence-electron chi connectivity index (χ1n) is 10.5. The molecule has 0 saturated carbocycles. The number of ether oxygens (including phenoxy) is 2. The van der Waals surface area contributed by atoms with Crippen molar-refractivity contribution in [1.29, 1.82) is 0 Å². The first kappa shape index (κ1) is 20.3. The average Bonchev–Trinajstić information content (AvgIpc) is 3.23. The molecule has 0 spiro atoms. The Labute approximate surface area is 177 Å². The minimum atomic E-state index is -0.153. The number of carbonyl (C=O) groups excluding carboxylic acids is 2. The van der Waals surface area contributed by atoms with Crippen LogP contribution >= 0.6 is 0 Å². The second-order valence-corrected chi connectivity index (χ2v) is 8.31. The Morgan fingerprint density at radius 1 is 1.07 bits per heavy atom. The fourth-order valence-corrected chi connectivity index (χ4v) is 3.85. The van der Waals surface area contributed by atoms with Crippen molar-refractivity contribution in [2.45, 2.75) is 33.2 Å². The zero-order valence-electron chi connectivity index (χ0n) is 17.6. The highest BCUT2D eigenvalue weighted by Crippen LogP contribution is 2.33. The maximum Gasteiger partial charge on any atom is 0.254 e. The van der Waals surface area contributed by atoms with Gasteiger partial charge in [0.15, 0.2) is 11.5 Å². The van der Waals surface area contributed by atoms with Crippen LogP contribution in [0.3, 0.4) is 0 Å². The van der Waals surface area contributed by atoms with E-state index in [1.54, 1.807) is 23.1 Å². The van der Waals surface area contributed by atoms with Gasteiger partial charge in [0.2, 0.25) is 12.7 Å². The normalized spacial score (nSPS) is 14.6. The van der Waals surface area contributed by atoms with Crippen molar-refractivity contribution in [3.63, 3.8) is 0 Å². The van der Waals surface area contributed by atoms with Gasteiger partial charge in [-0.25, -0.2) is 0 Å². The molecule has 4 rings (SSSR count). The Bertz CT molecular complexity index is 941. The van der Waals surface area contributed by atoms with Gasteiger partial charge in [0.25, 0.3) is 5.91 Å². The SMILES string of the molecule is CC(C)CCN(CC(=O)N1CCc2ccccc2C1)C(=O)c1ccc2c(c1)OCO2. The van der Waals surface area contributed by atoms with Crippen LogP contribution in [0.15, 0.2) is 42.5 Å². The number of benzene rings is 2. The van der Waals surface area contributed by atoms with Gasteiger partial charge in [0.05, 0.1) is 0 Å². The molecule has 158 valence electrons. The van der Waals surface area contributed by atoms with Crippen LogP contribution in [0, 0.1) is 5.92 Å². The molecule has 0 saturated heterocycles. The smallest absolute Gasteiger partial charge is 0.254 e. The van der Waals surface area contributed by atoms with Crippen LogP contribution in [0.2, 0.25) is 0 Å². The van der Waals surface area contributed by atoms with Gasteiger partial charge in [-0.3, -0.25) is 9.59 Å². The maximum absolute atomic E-state index is 13.2. The molecule has 2 amide bonds. The van der Waals surface area contributed by atoms with Gasteiger partial charge in [-0.15, -0.1) is 0 Å². The highest BCUT2D eigenvalue weighted by molar-refractivity contribution is 5.97. The summed E-state index contributed by atoms with van der Waals surface area (Å²) < 4.78 is 10.7. The first-order valence-corrected chi connectivity index (χ1v) is 10.5. The number of amides is 2. The Hall–Kier alpha value is -3.02. The number of nitrogens with zero attached hydrogens (tertiary/aromatic N) is 2. The Morgan fingerprint density at radius 2 is 1.83 bits per heavy atom. The van der Waals surface area contributed by atoms with Crippen molar-refractivity contribution in [2.24, 2.45) is 5.92 Å². The van der Waals surface area contributed by atoms with Crippen LogP contribution < -0.4 is 9.47 Å². The van der Waals surface area contributed by atoms with Crippen LogP contribution in [0.1, 0.15) is 41.8 Å². The monoisotopic (exact) mass is 408 g/mol. The van der Waals surface area contributed by atoms with Crippen LogP contribution in [0.4, 0.5) is 0 Å². The van der Waals surface area contributed by atoms with Gasteiger partial charge in [0.1, 0.15) is 6.54 Å². The summed E-state index contributed by atoms with van der Waals surface area (Å²) >= 11 is 0. The summed E-state index contributed by atoms with van der Waals surface area (Å²) in [7, 11) is 0. The Morgan fingerprint density at radius 3 is 2.63 bits per heavy atom. The standard InChI is InChI=1S/C24H28N2O4/c1-17(2)9-11-26(24(28)19-7-8-21-22(13-19)30-16-29-21)15-23(27)25-12-10-18-5-3-4-6-20(18)14-25/h3-8,13,17H,9-12,14-16H2,1-2H3. The molecule has 0 bridgehead atoms. The van der Waals surface area contributed by atoms with Crippen LogP contribution in [0.5, 0.6) is 11.5 Å². The fraction of sp³-hybridized carbons (Fsp3) is 0.417. The van der Waals surface area contributed by atoms with E-state index in [0.29, 0.717) is 42.6 Å². The van der Waals surface area contributed by atoms with E-state index < -0.39 is 0 Å². The lowest BCUT2D eigenvalue weighted by atomic mass is 10.00. The number of fused-ring (bicyclic) bond motifs is 2. The summed E-state index contributed by atoms with van der Waals surface area (Å²) in [5, 5.41) is 0. The minimum absolute atomic E-state index is 0.0117. The summed E-state index contributed by atoms with van der Waals surface area (Å²) in [6.45, 7) is 6.32. The van der Waals surface area contributed by atoms with Crippen LogP contribution in [0.25, 0.3) is 0 Å². The van der Waals surface area contributed by atoms with E-state index in [9.17, 15) is 9.59 Å². The third kappa shape index (κ3) is 4.42. The molecule has 2 aromatic carbocycles. The summed E-state index contributed by atoms with van der Waals surface area (Å²) in [6.07, 6.45) is 1.69. The van der Waals surface area contributed by atoms with Crippen molar-refractivity contribution in [2.75, 3.05) is 26.4 Å². The van der Waals surface area contributed by atoms with Gasteiger partial charge >= 0.3 is 0 Å². The third-order valence-corrected chi connectivity index (χ3v) is 5.69. The van der Waals surface area contributed by atoms with E-state index in [-0.39, 0.29) is 25.2 Å².